The second kappa shape index (κ2) is 8.53. The van der Waals surface area contributed by atoms with E-state index in [1.165, 1.54) is 25.8 Å². The number of aromatic nitrogens is 2. The van der Waals surface area contributed by atoms with Gasteiger partial charge in [0.15, 0.2) is 0 Å². The van der Waals surface area contributed by atoms with Gasteiger partial charge < -0.3 is 10.2 Å². The van der Waals surface area contributed by atoms with Gasteiger partial charge in [-0.2, -0.15) is 5.10 Å². The van der Waals surface area contributed by atoms with E-state index >= 15 is 0 Å². The molecular formula is C22H28N4O. The number of anilines is 1. The lowest BCUT2D eigenvalue weighted by Gasteiger charge is -2.34. The maximum Gasteiger partial charge on any atom is 0.227 e. The Labute approximate surface area is 161 Å². The number of piperidine rings is 1. The number of likely N-dealkylation sites (tertiary alicyclic amines) is 1. The van der Waals surface area contributed by atoms with Gasteiger partial charge in [-0.1, -0.05) is 12.2 Å². The van der Waals surface area contributed by atoms with E-state index in [-0.39, 0.29) is 11.8 Å². The van der Waals surface area contributed by atoms with Crippen LogP contribution in [-0.2, 0) is 4.79 Å². The number of hydrogen-bond donors (Lipinski definition) is 1. The molecule has 0 unspecified atom stereocenters. The first-order valence-corrected chi connectivity index (χ1v) is 10.1. The van der Waals surface area contributed by atoms with Crippen LogP contribution >= 0.6 is 0 Å². The van der Waals surface area contributed by atoms with Crippen molar-refractivity contribution in [1.29, 1.82) is 0 Å². The van der Waals surface area contributed by atoms with E-state index in [9.17, 15) is 4.79 Å². The first-order valence-electron chi connectivity index (χ1n) is 10.1. The Kier molecular flexibility index (Phi) is 5.68. The molecule has 1 aromatic carbocycles. The third-order valence-corrected chi connectivity index (χ3v) is 5.76. The number of carbonyl (C=O) groups excluding carboxylic acids is 1. The summed E-state index contributed by atoms with van der Waals surface area (Å²) in [6.45, 7) is 3.26. The lowest BCUT2D eigenvalue weighted by Crippen LogP contribution is -2.40. The SMILES string of the molecule is O=C(Nc1ccc(-n2cccn2)cc1)C1CCN(C[C@H]2CC=CCC2)CC1. The average Bonchev–Trinajstić information content (AvgIpc) is 3.25. The normalized spacial score (nSPS) is 21.3. The van der Waals surface area contributed by atoms with Crippen LogP contribution < -0.4 is 5.32 Å². The third-order valence-electron chi connectivity index (χ3n) is 5.76. The molecular weight excluding hydrogens is 336 g/mol. The molecule has 1 amide bonds. The Hall–Kier alpha value is -2.40. The second-order valence-corrected chi connectivity index (χ2v) is 7.71. The van der Waals surface area contributed by atoms with Crippen molar-refractivity contribution in [3.05, 3.63) is 54.9 Å². The van der Waals surface area contributed by atoms with Gasteiger partial charge in [-0.15, -0.1) is 0 Å². The van der Waals surface area contributed by atoms with Crippen LogP contribution in [0.15, 0.2) is 54.9 Å². The van der Waals surface area contributed by atoms with Gasteiger partial charge in [0, 0.05) is 30.5 Å². The lowest BCUT2D eigenvalue weighted by atomic mass is 9.91. The fourth-order valence-corrected chi connectivity index (χ4v) is 4.13. The van der Waals surface area contributed by atoms with E-state index in [2.05, 4.69) is 27.5 Å². The van der Waals surface area contributed by atoms with Crippen LogP contribution in [0.1, 0.15) is 32.1 Å². The zero-order chi connectivity index (χ0) is 18.5. The molecule has 1 saturated heterocycles. The minimum Gasteiger partial charge on any atom is -0.326 e. The van der Waals surface area contributed by atoms with Crippen molar-refractivity contribution < 1.29 is 4.79 Å². The van der Waals surface area contributed by atoms with Crippen LogP contribution in [0.3, 0.4) is 0 Å². The van der Waals surface area contributed by atoms with Gasteiger partial charge in [0.05, 0.1) is 5.69 Å². The highest BCUT2D eigenvalue weighted by Gasteiger charge is 2.26. The summed E-state index contributed by atoms with van der Waals surface area (Å²) in [6, 6.07) is 9.74. The minimum absolute atomic E-state index is 0.123. The van der Waals surface area contributed by atoms with Crippen molar-refractivity contribution in [2.24, 2.45) is 11.8 Å². The van der Waals surface area contributed by atoms with E-state index < -0.39 is 0 Å². The zero-order valence-electron chi connectivity index (χ0n) is 15.8. The van der Waals surface area contributed by atoms with E-state index in [0.717, 1.165) is 43.2 Å². The van der Waals surface area contributed by atoms with Gasteiger partial charge in [0.25, 0.3) is 0 Å². The van der Waals surface area contributed by atoms with Crippen molar-refractivity contribution in [2.75, 3.05) is 25.0 Å². The van der Waals surface area contributed by atoms with Gasteiger partial charge in [-0.25, -0.2) is 4.68 Å². The van der Waals surface area contributed by atoms with Crippen molar-refractivity contribution in [3.8, 4) is 5.69 Å². The Morgan fingerprint density at radius 3 is 2.59 bits per heavy atom. The molecule has 1 N–H and O–H groups in total. The largest absolute Gasteiger partial charge is 0.326 e. The summed E-state index contributed by atoms with van der Waals surface area (Å²) in [4.78, 5) is 15.2. The molecule has 5 nitrogen and oxygen atoms in total. The predicted molar refractivity (Wildman–Crippen MR) is 108 cm³/mol. The quantitative estimate of drug-likeness (QED) is 0.819. The molecule has 1 aliphatic heterocycles. The number of nitrogens with one attached hydrogen (secondary N) is 1. The molecule has 27 heavy (non-hydrogen) atoms. The average molecular weight is 364 g/mol. The van der Waals surface area contributed by atoms with Crippen molar-refractivity contribution in [2.45, 2.75) is 32.1 Å². The molecule has 1 aliphatic carbocycles. The molecule has 1 fully saturated rings. The Morgan fingerprint density at radius 1 is 1.11 bits per heavy atom. The molecule has 0 bridgehead atoms. The molecule has 4 rings (SSSR count). The van der Waals surface area contributed by atoms with Crippen molar-refractivity contribution >= 4 is 11.6 Å². The molecule has 2 aliphatic rings. The van der Waals surface area contributed by atoms with Gasteiger partial charge >= 0.3 is 0 Å². The first kappa shape index (κ1) is 18.0. The fourth-order valence-electron chi connectivity index (χ4n) is 4.13. The molecule has 1 atom stereocenters. The molecule has 0 radical (unpaired) electrons. The predicted octanol–water partition coefficient (Wildman–Crippen LogP) is 3.88. The molecule has 2 aromatic rings. The van der Waals surface area contributed by atoms with Gasteiger partial charge in [0.1, 0.15) is 0 Å². The summed E-state index contributed by atoms with van der Waals surface area (Å²) in [5, 5.41) is 7.30. The number of rotatable bonds is 5. The number of amides is 1. The molecule has 2 heterocycles. The molecule has 0 spiro atoms. The highest BCUT2D eigenvalue weighted by Crippen LogP contribution is 2.24. The molecule has 142 valence electrons. The van der Waals surface area contributed by atoms with Crippen molar-refractivity contribution in [3.63, 3.8) is 0 Å². The molecule has 1 aromatic heterocycles. The Morgan fingerprint density at radius 2 is 1.93 bits per heavy atom. The smallest absolute Gasteiger partial charge is 0.227 e. The Bertz CT molecular complexity index is 758. The maximum absolute atomic E-state index is 12.6. The summed E-state index contributed by atoms with van der Waals surface area (Å²) < 4.78 is 1.81. The van der Waals surface area contributed by atoms with Crippen LogP contribution in [0.25, 0.3) is 5.69 Å². The van der Waals surface area contributed by atoms with Gasteiger partial charge in [-0.3, -0.25) is 4.79 Å². The zero-order valence-corrected chi connectivity index (χ0v) is 15.8. The topological polar surface area (TPSA) is 50.2 Å². The summed E-state index contributed by atoms with van der Waals surface area (Å²) in [7, 11) is 0. The van der Waals surface area contributed by atoms with Crippen LogP contribution in [-0.4, -0.2) is 40.2 Å². The highest BCUT2D eigenvalue weighted by atomic mass is 16.1. The summed E-state index contributed by atoms with van der Waals surface area (Å²) >= 11 is 0. The number of nitrogens with zero attached hydrogens (tertiary/aromatic N) is 3. The number of benzene rings is 1. The van der Waals surface area contributed by atoms with E-state index in [4.69, 9.17) is 0 Å². The van der Waals surface area contributed by atoms with Crippen molar-refractivity contribution in [1.82, 2.24) is 14.7 Å². The molecule has 0 saturated carbocycles. The second-order valence-electron chi connectivity index (χ2n) is 7.71. The van der Waals surface area contributed by atoms with E-state index in [1.54, 1.807) is 6.20 Å². The number of hydrogen-bond acceptors (Lipinski definition) is 3. The highest BCUT2D eigenvalue weighted by molar-refractivity contribution is 5.92. The fraction of sp³-hybridized carbons (Fsp3) is 0.455. The van der Waals surface area contributed by atoms with Gasteiger partial charge in [0.2, 0.25) is 5.91 Å². The number of allylic oxidation sites excluding steroid dienone is 2. The van der Waals surface area contributed by atoms with E-state index in [0.29, 0.717) is 0 Å². The summed E-state index contributed by atoms with van der Waals surface area (Å²) in [5.74, 6) is 1.08. The minimum atomic E-state index is 0.123. The first-order chi connectivity index (χ1) is 13.3. The van der Waals surface area contributed by atoms with Gasteiger partial charge in [-0.05, 0) is 81.4 Å². The maximum atomic E-state index is 12.6. The van der Waals surface area contributed by atoms with Crippen LogP contribution in [0.4, 0.5) is 5.69 Å². The monoisotopic (exact) mass is 364 g/mol. The third kappa shape index (κ3) is 4.66. The lowest BCUT2D eigenvalue weighted by molar-refractivity contribution is -0.121. The summed E-state index contributed by atoms with van der Waals surface area (Å²) in [6.07, 6.45) is 14.0. The van der Waals surface area contributed by atoms with Crippen LogP contribution in [0.5, 0.6) is 0 Å². The Balaban J connectivity index is 1.25. The number of carbonyl (C=O) groups is 1. The van der Waals surface area contributed by atoms with Crippen LogP contribution in [0.2, 0.25) is 0 Å². The van der Waals surface area contributed by atoms with Crippen LogP contribution in [0, 0.1) is 11.8 Å². The van der Waals surface area contributed by atoms with E-state index in [1.807, 2.05) is 41.2 Å². The standard InChI is InChI=1S/C22H28N4O/c27-22(24-20-7-9-21(10-8-20)26-14-4-13-23-26)19-11-15-25(16-12-19)17-18-5-2-1-3-6-18/h1-2,4,7-10,13-14,18-19H,3,5-6,11-12,15-17H2,(H,24,27)/t18-/m0/s1. The summed E-state index contributed by atoms with van der Waals surface area (Å²) in [5.41, 5.74) is 1.84. The molecule has 5 heteroatoms.